The number of nitrogens with one attached hydrogen (secondary N) is 2. The van der Waals surface area contributed by atoms with Gasteiger partial charge in [-0.15, -0.1) is 0 Å². The van der Waals surface area contributed by atoms with Crippen LogP contribution in [0.1, 0.15) is 21.7 Å². The van der Waals surface area contributed by atoms with E-state index in [2.05, 4.69) is 15.0 Å². The fourth-order valence-corrected chi connectivity index (χ4v) is 3.82. The Bertz CT molecular complexity index is 1440. The minimum absolute atomic E-state index is 0.171. The number of hydrogen-bond acceptors (Lipinski definition) is 4. The summed E-state index contributed by atoms with van der Waals surface area (Å²) < 4.78 is 10.7. The van der Waals surface area contributed by atoms with Gasteiger partial charge in [-0.05, 0) is 42.5 Å². The van der Waals surface area contributed by atoms with E-state index < -0.39 is 0 Å². The molecule has 0 spiro atoms. The number of imidazole rings is 1. The van der Waals surface area contributed by atoms with Gasteiger partial charge in [-0.3, -0.25) is 4.79 Å². The Morgan fingerprint density at radius 1 is 0.906 bits per heavy atom. The highest BCUT2D eigenvalue weighted by molar-refractivity contribution is 6.32. The van der Waals surface area contributed by atoms with Crippen molar-refractivity contribution in [1.82, 2.24) is 15.0 Å². The van der Waals surface area contributed by atoms with Crippen molar-refractivity contribution in [3.8, 4) is 11.5 Å². The third-order valence-corrected chi connectivity index (χ3v) is 5.46. The molecular formula is C26H21N3O3. The van der Waals surface area contributed by atoms with Crippen LogP contribution in [0.15, 0.2) is 72.9 Å². The van der Waals surface area contributed by atoms with Gasteiger partial charge >= 0.3 is 0 Å². The molecule has 6 heteroatoms. The number of allylic oxidation sites excluding steroid dienone is 1. The van der Waals surface area contributed by atoms with E-state index in [4.69, 9.17) is 9.47 Å². The number of methoxy groups -OCH3 is 2. The van der Waals surface area contributed by atoms with E-state index in [1.54, 1.807) is 32.4 Å². The van der Waals surface area contributed by atoms with E-state index >= 15 is 0 Å². The van der Waals surface area contributed by atoms with Crippen LogP contribution in [-0.4, -0.2) is 35.0 Å². The standard InChI is InChI=1S/C26H21N3O3/c1-31-23-12-11-16(14-24(23)32-2)25(30)19(26-28-21-9-5-6-10-22(21)29-26)13-17-15-27-20-8-4-3-7-18(17)20/h3-15,27H,1-2H3,(H,28,29). The first kappa shape index (κ1) is 19.6. The highest BCUT2D eigenvalue weighted by Gasteiger charge is 2.20. The molecule has 0 fully saturated rings. The number of carbonyl (C=O) groups is 1. The maximum absolute atomic E-state index is 13.7. The lowest BCUT2D eigenvalue weighted by atomic mass is 9.99. The van der Waals surface area contributed by atoms with Crippen molar-refractivity contribution in [3.05, 3.63) is 89.9 Å². The first-order chi connectivity index (χ1) is 15.7. The van der Waals surface area contributed by atoms with E-state index in [0.717, 1.165) is 27.5 Å². The average Bonchev–Trinajstić information content (AvgIpc) is 3.45. The molecule has 0 radical (unpaired) electrons. The largest absolute Gasteiger partial charge is 0.493 e. The Morgan fingerprint density at radius 3 is 2.44 bits per heavy atom. The Balaban J connectivity index is 1.68. The summed E-state index contributed by atoms with van der Waals surface area (Å²) in [5.41, 5.74) is 4.51. The van der Waals surface area contributed by atoms with E-state index in [-0.39, 0.29) is 5.78 Å². The molecule has 0 unspecified atom stereocenters. The fraction of sp³-hybridized carbons (Fsp3) is 0.0769. The van der Waals surface area contributed by atoms with Crippen LogP contribution in [0.25, 0.3) is 33.6 Å². The van der Waals surface area contributed by atoms with Gasteiger partial charge in [0.1, 0.15) is 5.82 Å². The molecule has 0 bridgehead atoms. The van der Waals surface area contributed by atoms with Gasteiger partial charge in [0, 0.05) is 28.2 Å². The Labute approximate surface area is 184 Å². The number of H-pyrrole nitrogens is 2. The summed E-state index contributed by atoms with van der Waals surface area (Å²) in [4.78, 5) is 25.0. The van der Waals surface area contributed by atoms with Crippen LogP contribution in [0.3, 0.4) is 0 Å². The van der Waals surface area contributed by atoms with Gasteiger partial charge < -0.3 is 19.4 Å². The highest BCUT2D eigenvalue weighted by atomic mass is 16.5. The van der Waals surface area contributed by atoms with Crippen molar-refractivity contribution < 1.29 is 14.3 Å². The monoisotopic (exact) mass is 423 g/mol. The quantitative estimate of drug-likeness (QED) is 0.280. The number of Topliss-reactive ketones (excluding diaryl/α,β-unsaturated/α-hetero) is 1. The topological polar surface area (TPSA) is 80.0 Å². The molecule has 0 saturated heterocycles. The molecule has 0 amide bonds. The van der Waals surface area contributed by atoms with Crippen LogP contribution in [0.5, 0.6) is 11.5 Å². The smallest absolute Gasteiger partial charge is 0.196 e. The number of fused-ring (bicyclic) bond motifs is 2. The van der Waals surface area contributed by atoms with Gasteiger partial charge in [-0.2, -0.15) is 0 Å². The molecule has 0 aliphatic heterocycles. The highest BCUT2D eigenvalue weighted by Crippen LogP contribution is 2.31. The number of benzene rings is 3. The zero-order valence-electron chi connectivity index (χ0n) is 17.7. The van der Waals surface area contributed by atoms with Crippen LogP contribution >= 0.6 is 0 Å². The van der Waals surface area contributed by atoms with Gasteiger partial charge in [0.15, 0.2) is 17.3 Å². The number of rotatable bonds is 6. The number of nitrogens with zero attached hydrogens (tertiary/aromatic N) is 1. The van der Waals surface area contributed by atoms with Crippen molar-refractivity contribution in [3.63, 3.8) is 0 Å². The second-order valence-electron chi connectivity index (χ2n) is 7.35. The summed E-state index contributed by atoms with van der Waals surface area (Å²) in [5, 5.41) is 1.03. The average molecular weight is 423 g/mol. The van der Waals surface area contributed by atoms with Crippen LogP contribution < -0.4 is 9.47 Å². The molecule has 2 N–H and O–H groups in total. The molecule has 32 heavy (non-hydrogen) atoms. The molecule has 0 saturated carbocycles. The third-order valence-electron chi connectivity index (χ3n) is 5.46. The van der Waals surface area contributed by atoms with Gasteiger partial charge in [0.05, 0.1) is 30.8 Å². The minimum Gasteiger partial charge on any atom is -0.493 e. The molecule has 0 aliphatic carbocycles. The Kier molecular flexibility index (Phi) is 4.95. The van der Waals surface area contributed by atoms with Crippen molar-refractivity contribution in [2.75, 3.05) is 14.2 Å². The lowest BCUT2D eigenvalue weighted by Crippen LogP contribution is -2.05. The lowest BCUT2D eigenvalue weighted by molar-refractivity contribution is 0.105. The number of aromatic nitrogens is 3. The summed E-state index contributed by atoms with van der Waals surface area (Å²) in [7, 11) is 3.12. The second kappa shape index (κ2) is 8.07. The molecule has 3 aromatic carbocycles. The SMILES string of the molecule is COc1ccc(C(=O)C(=Cc2c[nH]c3ccccc23)c2nc3ccccc3[nH]2)cc1OC. The van der Waals surface area contributed by atoms with E-state index in [1.165, 1.54) is 0 Å². The molecule has 158 valence electrons. The molecule has 5 aromatic rings. The third kappa shape index (κ3) is 3.41. The predicted molar refractivity (Wildman–Crippen MR) is 126 cm³/mol. The normalized spacial score (nSPS) is 11.8. The van der Waals surface area contributed by atoms with Gasteiger partial charge in [0.2, 0.25) is 0 Å². The first-order valence-electron chi connectivity index (χ1n) is 10.2. The second-order valence-corrected chi connectivity index (χ2v) is 7.35. The van der Waals surface area contributed by atoms with Crippen molar-refractivity contribution >= 4 is 39.4 Å². The number of aromatic amines is 2. The Morgan fingerprint density at radius 2 is 1.66 bits per heavy atom. The molecule has 2 aromatic heterocycles. The summed E-state index contributed by atoms with van der Waals surface area (Å²) >= 11 is 0. The van der Waals surface area contributed by atoms with Crippen LogP contribution in [0.4, 0.5) is 0 Å². The van der Waals surface area contributed by atoms with Gasteiger partial charge in [-0.25, -0.2) is 4.98 Å². The van der Waals surface area contributed by atoms with Crippen LogP contribution in [0.2, 0.25) is 0 Å². The molecular weight excluding hydrogens is 402 g/mol. The zero-order chi connectivity index (χ0) is 22.1. The van der Waals surface area contributed by atoms with E-state index in [1.807, 2.05) is 60.8 Å². The summed E-state index contributed by atoms with van der Waals surface area (Å²) in [6, 6.07) is 20.8. The van der Waals surface area contributed by atoms with Crippen molar-refractivity contribution in [2.45, 2.75) is 0 Å². The molecule has 0 atom stereocenters. The van der Waals surface area contributed by atoms with Crippen LogP contribution in [-0.2, 0) is 0 Å². The summed E-state index contributed by atoms with van der Waals surface area (Å²) in [6.07, 6.45) is 3.77. The Hall–Kier alpha value is -4.32. The molecule has 0 aliphatic rings. The number of carbonyl (C=O) groups excluding carboxylic acids is 1. The minimum atomic E-state index is -0.171. The maximum atomic E-state index is 13.7. The maximum Gasteiger partial charge on any atom is 0.196 e. The summed E-state index contributed by atoms with van der Waals surface area (Å²) in [5.74, 6) is 1.40. The van der Waals surface area contributed by atoms with Crippen molar-refractivity contribution in [2.24, 2.45) is 0 Å². The number of ketones is 1. The van der Waals surface area contributed by atoms with Gasteiger partial charge in [0.25, 0.3) is 0 Å². The summed E-state index contributed by atoms with van der Waals surface area (Å²) in [6.45, 7) is 0. The van der Waals surface area contributed by atoms with E-state index in [0.29, 0.717) is 28.5 Å². The van der Waals surface area contributed by atoms with Crippen LogP contribution in [0, 0.1) is 0 Å². The lowest BCUT2D eigenvalue weighted by Gasteiger charge is -2.10. The van der Waals surface area contributed by atoms with Crippen molar-refractivity contribution in [1.29, 1.82) is 0 Å². The number of para-hydroxylation sites is 3. The predicted octanol–water partition coefficient (Wildman–Crippen LogP) is 5.48. The molecule has 5 rings (SSSR count). The number of hydrogen-bond donors (Lipinski definition) is 2. The molecule has 2 heterocycles. The zero-order valence-corrected chi connectivity index (χ0v) is 17.7. The number of ether oxygens (including phenoxy) is 2. The fourth-order valence-electron chi connectivity index (χ4n) is 3.82. The molecule has 6 nitrogen and oxygen atoms in total. The first-order valence-corrected chi connectivity index (χ1v) is 10.2. The van der Waals surface area contributed by atoms with Gasteiger partial charge in [-0.1, -0.05) is 30.3 Å². The van der Waals surface area contributed by atoms with E-state index in [9.17, 15) is 4.79 Å².